The van der Waals surface area contributed by atoms with Crippen molar-refractivity contribution in [2.45, 2.75) is 12.5 Å². The van der Waals surface area contributed by atoms with Crippen LogP contribution >= 0.6 is 0 Å². The van der Waals surface area contributed by atoms with Crippen molar-refractivity contribution in [3.8, 4) is 5.75 Å². The molecular weight excluding hydrogens is 206 g/mol. The van der Waals surface area contributed by atoms with Crippen molar-refractivity contribution >= 4 is 5.91 Å². The van der Waals surface area contributed by atoms with Gasteiger partial charge in [0, 0.05) is 30.2 Å². The van der Waals surface area contributed by atoms with E-state index in [1.165, 1.54) is 0 Å². The van der Waals surface area contributed by atoms with Gasteiger partial charge in [-0.05, 0) is 0 Å². The van der Waals surface area contributed by atoms with E-state index in [1.54, 1.807) is 0 Å². The molecule has 0 aromatic heterocycles. The quantitative estimate of drug-likeness (QED) is 0.689. The maximum Gasteiger partial charge on any atom is 0.219 e. The van der Waals surface area contributed by atoms with E-state index in [-0.39, 0.29) is 12.0 Å². The molecule has 0 heterocycles. The molecule has 1 unspecified atom stereocenters. The van der Waals surface area contributed by atoms with E-state index in [0.29, 0.717) is 6.07 Å². The third kappa shape index (κ3) is 2.63. The Kier molecular flexibility index (Phi) is 3.21. The van der Waals surface area contributed by atoms with Crippen molar-refractivity contribution in [1.29, 1.82) is 0 Å². The maximum atomic E-state index is 13.2. The molecule has 1 aromatic rings. The second-order valence-electron chi connectivity index (χ2n) is 3.10. The zero-order chi connectivity index (χ0) is 11.6. The van der Waals surface area contributed by atoms with Crippen molar-refractivity contribution < 1.29 is 18.7 Å². The van der Waals surface area contributed by atoms with Gasteiger partial charge >= 0.3 is 0 Å². The SMILES string of the molecule is NC(=O)CC(N)c1c(O)cc(F)cc1F. The number of benzene rings is 1. The van der Waals surface area contributed by atoms with Crippen LogP contribution in [0.2, 0.25) is 0 Å². The van der Waals surface area contributed by atoms with Crippen LogP contribution in [-0.4, -0.2) is 11.0 Å². The number of nitrogens with two attached hydrogens (primary N) is 2. The molecule has 15 heavy (non-hydrogen) atoms. The van der Waals surface area contributed by atoms with Gasteiger partial charge in [-0.1, -0.05) is 0 Å². The van der Waals surface area contributed by atoms with Crippen LogP contribution < -0.4 is 11.5 Å². The van der Waals surface area contributed by atoms with E-state index < -0.39 is 29.3 Å². The van der Waals surface area contributed by atoms with Gasteiger partial charge < -0.3 is 16.6 Å². The minimum Gasteiger partial charge on any atom is -0.507 e. The summed E-state index contributed by atoms with van der Waals surface area (Å²) in [6.07, 6.45) is -0.323. The highest BCUT2D eigenvalue weighted by atomic mass is 19.1. The second-order valence-corrected chi connectivity index (χ2v) is 3.10. The fourth-order valence-electron chi connectivity index (χ4n) is 1.26. The topological polar surface area (TPSA) is 89.3 Å². The summed E-state index contributed by atoms with van der Waals surface area (Å²) in [5.74, 6) is -3.27. The molecule has 1 amide bonds. The Morgan fingerprint density at radius 2 is 2.07 bits per heavy atom. The van der Waals surface area contributed by atoms with Gasteiger partial charge in [0.1, 0.15) is 17.4 Å². The molecule has 0 spiro atoms. The van der Waals surface area contributed by atoms with Crippen LogP contribution in [-0.2, 0) is 4.79 Å². The number of phenolic OH excluding ortho intramolecular Hbond substituents is 1. The number of hydrogen-bond acceptors (Lipinski definition) is 3. The summed E-state index contributed by atoms with van der Waals surface area (Å²) in [6, 6.07) is 0.220. The Bertz CT molecular complexity index is 373. The molecule has 1 aromatic carbocycles. The van der Waals surface area contributed by atoms with E-state index in [1.807, 2.05) is 0 Å². The average molecular weight is 216 g/mol. The third-order valence-electron chi connectivity index (χ3n) is 1.86. The summed E-state index contributed by atoms with van der Waals surface area (Å²) in [5, 5.41) is 9.24. The summed E-state index contributed by atoms with van der Waals surface area (Å²) in [6.45, 7) is 0. The molecule has 0 bridgehead atoms. The van der Waals surface area contributed by atoms with Gasteiger partial charge in [-0.3, -0.25) is 4.79 Å². The molecule has 0 aliphatic rings. The number of carbonyl (C=O) groups excluding carboxylic acids is 1. The summed E-state index contributed by atoms with van der Waals surface area (Å²) in [4.78, 5) is 10.5. The molecule has 0 radical (unpaired) electrons. The standard InChI is InChI=1S/C9H10F2N2O2/c10-4-1-5(11)9(7(14)2-4)6(12)3-8(13)15/h1-2,6,14H,3,12H2,(H2,13,15). The molecule has 4 nitrogen and oxygen atoms in total. The van der Waals surface area contributed by atoms with Crippen LogP contribution in [0.1, 0.15) is 18.0 Å². The molecule has 0 saturated heterocycles. The van der Waals surface area contributed by atoms with Crippen molar-refractivity contribution in [2.24, 2.45) is 11.5 Å². The summed E-state index contributed by atoms with van der Waals surface area (Å²) in [7, 11) is 0. The zero-order valence-corrected chi connectivity index (χ0v) is 7.71. The minimum absolute atomic E-state index is 0.310. The Balaban J connectivity index is 3.08. The first-order chi connectivity index (χ1) is 6.91. The van der Waals surface area contributed by atoms with Crippen LogP contribution in [0.5, 0.6) is 5.75 Å². The third-order valence-corrected chi connectivity index (χ3v) is 1.86. The number of phenols is 1. The molecule has 1 atom stereocenters. The lowest BCUT2D eigenvalue weighted by molar-refractivity contribution is -0.118. The van der Waals surface area contributed by atoms with Crippen LogP contribution in [0.4, 0.5) is 8.78 Å². The molecule has 6 heteroatoms. The number of primary amides is 1. The molecule has 5 N–H and O–H groups in total. The number of carbonyl (C=O) groups is 1. The van der Waals surface area contributed by atoms with Gasteiger partial charge in [-0.25, -0.2) is 8.78 Å². The Hall–Kier alpha value is -1.69. The first-order valence-corrected chi connectivity index (χ1v) is 4.13. The molecule has 0 aliphatic carbocycles. The normalized spacial score (nSPS) is 12.5. The van der Waals surface area contributed by atoms with Gasteiger partial charge in [0.15, 0.2) is 0 Å². The van der Waals surface area contributed by atoms with Crippen LogP contribution in [0.15, 0.2) is 12.1 Å². The summed E-state index contributed by atoms with van der Waals surface area (Å²) < 4.78 is 25.8. The van der Waals surface area contributed by atoms with Crippen molar-refractivity contribution in [3.05, 3.63) is 29.3 Å². The van der Waals surface area contributed by atoms with E-state index in [9.17, 15) is 18.7 Å². The lowest BCUT2D eigenvalue weighted by Crippen LogP contribution is -2.21. The fourth-order valence-corrected chi connectivity index (χ4v) is 1.26. The number of amides is 1. The van der Waals surface area contributed by atoms with Crippen molar-refractivity contribution in [1.82, 2.24) is 0 Å². The molecule has 82 valence electrons. The predicted octanol–water partition coefficient (Wildman–Crippen LogP) is 0.546. The van der Waals surface area contributed by atoms with Gasteiger partial charge in [0.05, 0.1) is 0 Å². The molecule has 0 saturated carbocycles. The highest BCUT2D eigenvalue weighted by molar-refractivity contribution is 5.74. The summed E-state index contributed by atoms with van der Waals surface area (Å²) in [5.41, 5.74) is 9.98. The smallest absolute Gasteiger partial charge is 0.219 e. The number of aromatic hydroxyl groups is 1. The maximum absolute atomic E-state index is 13.2. The summed E-state index contributed by atoms with van der Waals surface area (Å²) >= 11 is 0. The number of hydrogen-bond donors (Lipinski definition) is 3. The highest BCUT2D eigenvalue weighted by Crippen LogP contribution is 2.28. The number of rotatable bonds is 3. The molecule has 0 fully saturated rings. The predicted molar refractivity (Wildman–Crippen MR) is 48.8 cm³/mol. The van der Waals surface area contributed by atoms with E-state index in [0.717, 1.165) is 6.07 Å². The molecule has 1 rings (SSSR count). The Morgan fingerprint density at radius 1 is 1.47 bits per heavy atom. The highest BCUT2D eigenvalue weighted by Gasteiger charge is 2.19. The Morgan fingerprint density at radius 3 is 2.53 bits per heavy atom. The Labute approximate surface area is 84.5 Å². The number of halogens is 2. The van der Waals surface area contributed by atoms with E-state index in [2.05, 4.69) is 0 Å². The van der Waals surface area contributed by atoms with Gasteiger partial charge in [-0.2, -0.15) is 0 Å². The minimum atomic E-state index is -1.08. The van der Waals surface area contributed by atoms with Crippen LogP contribution in [0.3, 0.4) is 0 Å². The zero-order valence-electron chi connectivity index (χ0n) is 7.71. The van der Waals surface area contributed by atoms with E-state index >= 15 is 0 Å². The second kappa shape index (κ2) is 4.22. The average Bonchev–Trinajstić information content (AvgIpc) is 1.99. The molecular formula is C9H10F2N2O2. The van der Waals surface area contributed by atoms with Crippen LogP contribution in [0, 0.1) is 11.6 Å². The first-order valence-electron chi connectivity index (χ1n) is 4.13. The van der Waals surface area contributed by atoms with Crippen molar-refractivity contribution in [2.75, 3.05) is 0 Å². The fraction of sp³-hybridized carbons (Fsp3) is 0.222. The largest absolute Gasteiger partial charge is 0.507 e. The van der Waals surface area contributed by atoms with E-state index in [4.69, 9.17) is 11.5 Å². The lowest BCUT2D eigenvalue weighted by atomic mass is 10.0. The lowest BCUT2D eigenvalue weighted by Gasteiger charge is -2.12. The first kappa shape index (κ1) is 11.4. The van der Waals surface area contributed by atoms with Gasteiger partial charge in [0.2, 0.25) is 5.91 Å². The van der Waals surface area contributed by atoms with Crippen LogP contribution in [0.25, 0.3) is 0 Å². The molecule has 0 aliphatic heterocycles. The van der Waals surface area contributed by atoms with Gasteiger partial charge in [0.25, 0.3) is 0 Å². The van der Waals surface area contributed by atoms with Crippen molar-refractivity contribution in [3.63, 3.8) is 0 Å². The monoisotopic (exact) mass is 216 g/mol. The van der Waals surface area contributed by atoms with Gasteiger partial charge in [-0.15, -0.1) is 0 Å².